The fraction of sp³-hybridized carbons (Fsp3) is 0.217. The van der Waals surface area contributed by atoms with Crippen molar-refractivity contribution in [2.75, 3.05) is 5.32 Å². The quantitative estimate of drug-likeness (QED) is 0.414. The number of carbonyl (C=O) groups is 1. The summed E-state index contributed by atoms with van der Waals surface area (Å²) in [6, 6.07) is 3.59. The van der Waals surface area contributed by atoms with Gasteiger partial charge in [0, 0.05) is 32.1 Å². The molecule has 0 radical (unpaired) electrons. The molecule has 2 atom stereocenters. The van der Waals surface area contributed by atoms with Crippen molar-refractivity contribution in [1.29, 1.82) is 5.26 Å². The first-order valence-corrected chi connectivity index (χ1v) is 10.5. The summed E-state index contributed by atoms with van der Waals surface area (Å²) < 4.78 is 35.4. The summed E-state index contributed by atoms with van der Waals surface area (Å²) in [4.78, 5) is 29.9. The van der Waals surface area contributed by atoms with Gasteiger partial charge in [0.2, 0.25) is 5.75 Å². The second-order valence-corrected chi connectivity index (χ2v) is 8.08. The largest absolute Gasteiger partial charge is 0.501 e. The number of aromatic hydroxyl groups is 1. The van der Waals surface area contributed by atoms with Crippen molar-refractivity contribution in [3.8, 4) is 11.8 Å². The number of nitrogens with zero attached hydrogens (tertiary/aromatic N) is 6. The number of halogens is 2. The molecule has 2 N–H and O–H groups in total. The molecule has 4 rings (SSSR count). The van der Waals surface area contributed by atoms with Crippen LogP contribution in [0.15, 0.2) is 46.3 Å². The Bertz CT molecular complexity index is 1550. The van der Waals surface area contributed by atoms with Crippen LogP contribution in [-0.4, -0.2) is 35.5 Å². The molecule has 1 amide bonds. The molecule has 3 heterocycles. The Hall–Kier alpha value is -4.86. The summed E-state index contributed by atoms with van der Waals surface area (Å²) in [6.07, 6.45) is 5.47. The van der Waals surface area contributed by atoms with E-state index in [0.717, 1.165) is 23.0 Å². The molecule has 36 heavy (non-hydrogen) atoms. The molecule has 0 saturated heterocycles. The highest BCUT2D eigenvalue weighted by Crippen LogP contribution is 2.39. The number of anilines is 1. The van der Waals surface area contributed by atoms with Crippen LogP contribution in [0, 0.1) is 23.0 Å². The third-order valence-electron chi connectivity index (χ3n) is 5.75. The SMILES string of the molecule is C[C@H](c1nc(C(=O)Nc2cnoc2)c(O)c(=O)n1C)[C@H](c1cnn(C)c1)c1cc(F)c(F)cc1C#N. The maximum Gasteiger partial charge on any atom is 0.296 e. The second-order valence-electron chi connectivity index (χ2n) is 8.08. The number of nitriles is 1. The predicted molar refractivity (Wildman–Crippen MR) is 120 cm³/mol. The minimum Gasteiger partial charge on any atom is -0.501 e. The van der Waals surface area contributed by atoms with Gasteiger partial charge in [-0.2, -0.15) is 10.4 Å². The van der Waals surface area contributed by atoms with E-state index < -0.39 is 46.4 Å². The molecule has 0 aliphatic carbocycles. The number of aromatic nitrogens is 5. The normalized spacial score (nSPS) is 12.7. The molecule has 1 aromatic carbocycles. The Labute approximate surface area is 202 Å². The zero-order chi connectivity index (χ0) is 26.1. The molecular formula is C23H19F2N7O4. The Balaban J connectivity index is 1.89. The maximum atomic E-state index is 14.3. The highest BCUT2D eigenvalue weighted by Gasteiger charge is 2.32. The summed E-state index contributed by atoms with van der Waals surface area (Å²) >= 11 is 0. The maximum absolute atomic E-state index is 14.3. The minimum absolute atomic E-state index is 0.0377. The summed E-state index contributed by atoms with van der Waals surface area (Å²) in [5.74, 6) is -5.71. The number of hydrogen-bond donors (Lipinski definition) is 2. The number of hydrogen-bond acceptors (Lipinski definition) is 8. The number of rotatable bonds is 6. The van der Waals surface area contributed by atoms with Gasteiger partial charge in [-0.15, -0.1) is 0 Å². The zero-order valence-corrected chi connectivity index (χ0v) is 19.2. The van der Waals surface area contributed by atoms with Crippen LogP contribution in [0.1, 0.15) is 51.8 Å². The van der Waals surface area contributed by atoms with E-state index in [1.54, 1.807) is 20.2 Å². The Morgan fingerprint density at radius 2 is 1.97 bits per heavy atom. The van der Waals surface area contributed by atoms with Gasteiger partial charge in [0.1, 0.15) is 17.8 Å². The third kappa shape index (κ3) is 4.31. The van der Waals surface area contributed by atoms with Crippen LogP contribution < -0.4 is 10.9 Å². The number of amides is 1. The second kappa shape index (κ2) is 9.41. The lowest BCUT2D eigenvalue weighted by molar-refractivity contribution is 0.101. The van der Waals surface area contributed by atoms with E-state index in [4.69, 9.17) is 0 Å². The topological polar surface area (TPSA) is 152 Å². The standard InChI is InChI=1S/C23H19F2N7O4/c1-11(18(13-7-27-31(2)9-13)15-5-17(25)16(24)4-12(15)6-26)21-30-19(20(33)23(35)32(21)3)22(34)29-14-8-28-36-10-14/h4-5,7-11,18,33H,1-3H3,(H,29,34)/t11-,18+/m0/s1. The van der Waals surface area contributed by atoms with Gasteiger partial charge in [-0.25, -0.2) is 13.8 Å². The molecule has 0 aliphatic heterocycles. The van der Waals surface area contributed by atoms with Gasteiger partial charge < -0.3 is 14.9 Å². The summed E-state index contributed by atoms with van der Waals surface area (Å²) in [5, 5.41) is 30.0. The molecule has 184 valence electrons. The monoisotopic (exact) mass is 495 g/mol. The lowest BCUT2D eigenvalue weighted by Crippen LogP contribution is -2.29. The number of nitrogens with one attached hydrogen (secondary N) is 1. The average molecular weight is 495 g/mol. The highest BCUT2D eigenvalue weighted by atomic mass is 19.2. The van der Waals surface area contributed by atoms with Crippen molar-refractivity contribution in [2.45, 2.75) is 18.8 Å². The van der Waals surface area contributed by atoms with E-state index in [1.807, 2.05) is 6.07 Å². The molecule has 0 aliphatic rings. The van der Waals surface area contributed by atoms with Gasteiger partial charge >= 0.3 is 0 Å². The fourth-order valence-electron chi connectivity index (χ4n) is 4.03. The molecule has 0 spiro atoms. The van der Waals surface area contributed by atoms with Crippen LogP contribution in [0.5, 0.6) is 5.75 Å². The van der Waals surface area contributed by atoms with Crippen molar-refractivity contribution in [3.05, 3.63) is 87.2 Å². The van der Waals surface area contributed by atoms with Crippen molar-refractivity contribution in [1.82, 2.24) is 24.5 Å². The molecular weight excluding hydrogens is 476 g/mol. The van der Waals surface area contributed by atoms with E-state index in [-0.39, 0.29) is 22.6 Å². The zero-order valence-electron chi connectivity index (χ0n) is 19.2. The van der Waals surface area contributed by atoms with Crippen LogP contribution in [0.25, 0.3) is 0 Å². The number of benzene rings is 1. The van der Waals surface area contributed by atoms with Crippen LogP contribution in [0.4, 0.5) is 14.5 Å². The van der Waals surface area contributed by atoms with Gasteiger partial charge in [0.05, 0.1) is 24.0 Å². The van der Waals surface area contributed by atoms with Crippen molar-refractivity contribution >= 4 is 11.6 Å². The molecule has 0 bridgehead atoms. The van der Waals surface area contributed by atoms with Crippen molar-refractivity contribution < 1.29 is 23.2 Å². The van der Waals surface area contributed by atoms with Gasteiger partial charge in [-0.1, -0.05) is 12.1 Å². The van der Waals surface area contributed by atoms with Crippen LogP contribution >= 0.6 is 0 Å². The first kappa shape index (κ1) is 24.3. The van der Waals surface area contributed by atoms with Crippen molar-refractivity contribution in [2.24, 2.45) is 14.1 Å². The molecule has 0 saturated carbocycles. The summed E-state index contributed by atoms with van der Waals surface area (Å²) in [7, 11) is 3.00. The molecule has 3 aromatic heterocycles. The van der Waals surface area contributed by atoms with Gasteiger partial charge in [-0.3, -0.25) is 18.8 Å². The minimum atomic E-state index is -1.18. The van der Waals surface area contributed by atoms with Crippen LogP contribution in [0.2, 0.25) is 0 Å². The van der Waals surface area contributed by atoms with Gasteiger partial charge in [0.15, 0.2) is 17.3 Å². The Morgan fingerprint density at radius 3 is 2.58 bits per heavy atom. The average Bonchev–Trinajstić information content (AvgIpc) is 3.51. The smallest absolute Gasteiger partial charge is 0.296 e. The first-order chi connectivity index (χ1) is 17.1. The summed E-state index contributed by atoms with van der Waals surface area (Å²) in [5.41, 5.74) is -0.760. The van der Waals surface area contributed by atoms with E-state index in [0.29, 0.717) is 5.56 Å². The fourth-order valence-corrected chi connectivity index (χ4v) is 4.03. The highest BCUT2D eigenvalue weighted by molar-refractivity contribution is 6.04. The molecule has 13 heteroatoms. The van der Waals surface area contributed by atoms with Crippen LogP contribution in [0.3, 0.4) is 0 Å². The Kier molecular flexibility index (Phi) is 6.35. The molecule has 0 fully saturated rings. The van der Waals surface area contributed by atoms with Crippen LogP contribution in [-0.2, 0) is 14.1 Å². The van der Waals surface area contributed by atoms with E-state index >= 15 is 0 Å². The van der Waals surface area contributed by atoms with E-state index in [1.165, 1.54) is 24.1 Å². The predicted octanol–water partition coefficient (Wildman–Crippen LogP) is 2.55. The molecule has 4 aromatic rings. The number of aryl methyl sites for hydroxylation is 1. The van der Waals surface area contributed by atoms with E-state index in [9.17, 15) is 28.7 Å². The first-order valence-electron chi connectivity index (χ1n) is 10.5. The lowest BCUT2D eigenvalue weighted by atomic mass is 9.80. The van der Waals surface area contributed by atoms with Crippen molar-refractivity contribution in [3.63, 3.8) is 0 Å². The molecule has 0 unspecified atom stereocenters. The molecule has 11 nitrogen and oxygen atoms in total. The number of carbonyl (C=O) groups excluding carboxylic acids is 1. The summed E-state index contributed by atoms with van der Waals surface area (Å²) in [6.45, 7) is 1.64. The van der Waals surface area contributed by atoms with E-state index in [2.05, 4.69) is 25.1 Å². The third-order valence-corrected chi connectivity index (χ3v) is 5.75. The lowest BCUT2D eigenvalue weighted by Gasteiger charge is -2.26. The van der Waals surface area contributed by atoms with Gasteiger partial charge in [-0.05, 0) is 23.3 Å². The van der Waals surface area contributed by atoms with Gasteiger partial charge in [0.25, 0.3) is 11.5 Å². The Morgan fingerprint density at radius 1 is 1.25 bits per heavy atom.